The molecule has 0 aromatic heterocycles. The number of halogens is 1. The molecule has 0 saturated heterocycles. The summed E-state index contributed by atoms with van der Waals surface area (Å²) in [6.45, 7) is 0.441. The second-order valence-electron chi connectivity index (χ2n) is 4.31. The molecular weight excluding hydrogens is 304 g/mol. The van der Waals surface area contributed by atoms with Gasteiger partial charge in [-0.1, -0.05) is 40.2 Å². The zero-order valence-electron chi connectivity index (χ0n) is 10.6. The number of carbonyl (C=O) groups excluding carboxylic acids is 1. The lowest BCUT2D eigenvalue weighted by atomic mass is 10.0. The number of benzene rings is 2. The molecule has 0 aliphatic carbocycles. The molecule has 0 fully saturated rings. The Balaban J connectivity index is 2.44. The van der Waals surface area contributed by atoms with Crippen molar-refractivity contribution in [2.75, 3.05) is 13.6 Å². The maximum Gasteiger partial charge on any atom is 0.254 e. The molecule has 3 nitrogen and oxygen atoms in total. The molecule has 19 heavy (non-hydrogen) atoms. The van der Waals surface area contributed by atoms with Crippen LogP contribution in [0.1, 0.15) is 16.8 Å². The van der Waals surface area contributed by atoms with Gasteiger partial charge in [-0.15, -0.1) is 0 Å². The van der Waals surface area contributed by atoms with Crippen molar-refractivity contribution in [3.63, 3.8) is 0 Å². The van der Waals surface area contributed by atoms with Crippen LogP contribution in [0.25, 0.3) is 10.8 Å². The summed E-state index contributed by atoms with van der Waals surface area (Å²) < 4.78 is 0.878. The van der Waals surface area contributed by atoms with Gasteiger partial charge in [0, 0.05) is 23.6 Å². The summed E-state index contributed by atoms with van der Waals surface area (Å²) in [5.41, 5.74) is 0.658. The predicted octanol–water partition coefficient (Wildman–Crippen LogP) is 3.59. The van der Waals surface area contributed by atoms with Gasteiger partial charge in [-0.25, -0.2) is 0 Å². The van der Waals surface area contributed by atoms with Gasteiger partial charge in [-0.2, -0.15) is 5.26 Å². The zero-order chi connectivity index (χ0) is 13.8. The van der Waals surface area contributed by atoms with Crippen LogP contribution in [-0.4, -0.2) is 24.4 Å². The lowest BCUT2D eigenvalue weighted by Gasteiger charge is -2.17. The van der Waals surface area contributed by atoms with Crippen molar-refractivity contribution in [3.8, 4) is 6.07 Å². The van der Waals surface area contributed by atoms with Crippen LogP contribution < -0.4 is 0 Å². The van der Waals surface area contributed by atoms with E-state index in [1.807, 2.05) is 36.4 Å². The number of amides is 1. The van der Waals surface area contributed by atoms with Gasteiger partial charge in [0.05, 0.1) is 12.5 Å². The van der Waals surface area contributed by atoms with Crippen LogP contribution in [0.5, 0.6) is 0 Å². The SMILES string of the molecule is CN(CCC#N)C(=O)c1cc(Br)cc2ccccc12. The van der Waals surface area contributed by atoms with E-state index >= 15 is 0 Å². The maximum absolute atomic E-state index is 12.4. The van der Waals surface area contributed by atoms with Crippen LogP contribution >= 0.6 is 15.9 Å². The van der Waals surface area contributed by atoms with Crippen LogP contribution in [0.2, 0.25) is 0 Å². The highest BCUT2D eigenvalue weighted by atomic mass is 79.9. The molecule has 0 spiro atoms. The van der Waals surface area contributed by atoms with Gasteiger partial charge in [0.15, 0.2) is 0 Å². The number of nitriles is 1. The van der Waals surface area contributed by atoms with Crippen molar-refractivity contribution in [2.24, 2.45) is 0 Å². The molecule has 0 saturated carbocycles. The second kappa shape index (κ2) is 5.85. The minimum atomic E-state index is -0.0623. The first-order valence-electron chi connectivity index (χ1n) is 5.94. The summed E-state index contributed by atoms with van der Waals surface area (Å²) in [7, 11) is 1.72. The topological polar surface area (TPSA) is 44.1 Å². The number of carbonyl (C=O) groups is 1. The van der Waals surface area contributed by atoms with Crippen LogP contribution in [-0.2, 0) is 0 Å². The molecular formula is C15H13BrN2O. The summed E-state index contributed by atoms with van der Waals surface area (Å²) in [6, 6.07) is 13.6. The van der Waals surface area contributed by atoms with Gasteiger partial charge < -0.3 is 4.90 Å². The number of nitrogens with zero attached hydrogens (tertiary/aromatic N) is 2. The van der Waals surface area contributed by atoms with Gasteiger partial charge in [-0.3, -0.25) is 4.79 Å². The largest absolute Gasteiger partial charge is 0.341 e. The Kier molecular flexibility index (Phi) is 4.18. The molecule has 0 bridgehead atoms. The Labute approximate surface area is 120 Å². The minimum absolute atomic E-state index is 0.0623. The fourth-order valence-electron chi connectivity index (χ4n) is 1.98. The molecule has 0 aliphatic heterocycles. The normalized spacial score (nSPS) is 10.2. The molecule has 0 atom stereocenters. The molecule has 96 valence electrons. The van der Waals surface area contributed by atoms with E-state index in [-0.39, 0.29) is 5.91 Å². The average Bonchev–Trinajstić information content (AvgIpc) is 2.42. The van der Waals surface area contributed by atoms with E-state index in [2.05, 4.69) is 22.0 Å². The summed E-state index contributed by atoms with van der Waals surface area (Å²) >= 11 is 3.43. The summed E-state index contributed by atoms with van der Waals surface area (Å²) in [6.07, 6.45) is 0.341. The first-order valence-corrected chi connectivity index (χ1v) is 6.73. The molecule has 2 aromatic rings. The van der Waals surface area contributed by atoms with Crippen LogP contribution in [0.15, 0.2) is 40.9 Å². The third kappa shape index (κ3) is 2.94. The number of fused-ring (bicyclic) bond motifs is 1. The predicted molar refractivity (Wildman–Crippen MR) is 78.8 cm³/mol. The third-order valence-corrected chi connectivity index (χ3v) is 3.42. The summed E-state index contributed by atoms with van der Waals surface area (Å²) in [4.78, 5) is 14.0. The fraction of sp³-hybridized carbons (Fsp3) is 0.200. The minimum Gasteiger partial charge on any atom is -0.341 e. The number of rotatable bonds is 3. The van der Waals surface area contributed by atoms with E-state index < -0.39 is 0 Å². The fourth-order valence-corrected chi connectivity index (χ4v) is 2.45. The molecule has 0 heterocycles. The summed E-state index contributed by atoms with van der Waals surface area (Å²) in [5.74, 6) is -0.0623. The lowest BCUT2D eigenvalue weighted by molar-refractivity contribution is 0.0800. The smallest absolute Gasteiger partial charge is 0.254 e. The van der Waals surface area contributed by atoms with Gasteiger partial charge in [0.25, 0.3) is 5.91 Å². The van der Waals surface area contributed by atoms with Gasteiger partial charge in [0.2, 0.25) is 0 Å². The third-order valence-electron chi connectivity index (χ3n) is 2.96. The quantitative estimate of drug-likeness (QED) is 0.868. The van der Waals surface area contributed by atoms with Gasteiger partial charge >= 0.3 is 0 Å². The monoisotopic (exact) mass is 316 g/mol. The average molecular weight is 317 g/mol. The standard InChI is InChI=1S/C15H13BrN2O/c1-18(8-4-7-17)15(19)14-10-12(16)9-11-5-2-3-6-13(11)14/h2-3,5-6,9-10H,4,8H2,1H3. The number of hydrogen-bond acceptors (Lipinski definition) is 2. The Bertz CT molecular complexity index is 661. The van der Waals surface area contributed by atoms with E-state index in [9.17, 15) is 4.79 Å². The van der Waals surface area contributed by atoms with Crippen molar-refractivity contribution in [1.82, 2.24) is 4.90 Å². The highest BCUT2D eigenvalue weighted by Gasteiger charge is 2.15. The van der Waals surface area contributed by atoms with Crippen LogP contribution in [0.3, 0.4) is 0 Å². The maximum atomic E-state index is 12.4. The van der Waals surface area contributed by atoms with E-state index in [0.717, 1.165) is 15.2 Å². The molecule has 2 rings (SSSR count). The lowest BCUT2D eigenvalue weighted by Crippen LogP contribution is -2.27. The Morgan fingerprint density at radius 1 is 1.37 bits per heavy atom. The molecule has 2 aromatic carbocycles. The van der Waals surface area contributed by atoms with Crippen molar-refractivity contribution in [3.05, 3.63) is 46.4 Å². The first kappa shape index (κ1) is 13.6. The van der Waals surface area contributed by atoms with E-state index in [1.54, 1.807) is 11.9 Å². The first-order chi connectivity index (χ1) is 9.13. The van der Waals surface area contributed by atoms with Crippen molar-refractivity contribution < 1.29 is 4.79 Å². The molecule has 0 aliphatic rings. The second-order valence-corrected chi connectivity index (χ2v) is 5.22. The molecule has 0 unspecified atom stereocenters. The highest BCUT2D eigenvalue weighted by Crippen LogP contribution is 2.25. The van der Waals surface area contributed by atoms with Gasteiger partial charge in [0.1, 0.15) is 0 Å². The highest BCUT2D eigenvalue weighted by molar-refractivity contribution is 9.10. The molecule has 0 radical (unpaired) electrons. The van der Waals surface area contributed by atoms with Crippen molar-refractivity contribution in [1.29, 1.82) is 5.26 Å². The van der Waals surface area contributed by atoms with Crippen LogP contribution in [0, 0.1) is 11.3 Å². The molecule has 1 amide bonds. The number of hydrogen-bond donors (Lipinski definition) is 0. The van der Waals surface area contributed by atoms with Crippen molar-refractivity contribution >= 4 is 32.6 Å². The van der Waals surface area contributed by atoms with E-state index in [4.69, 9.17) is 5.26 Å². The van der Waals surface area contributed by atoms with Gasteiger partial charge in [-0.05, 0) is 22.9 Å². The zero-order valence-corrected chi connectivity index (χ0v) is 12.1. The summed E-state index contributed by atoms with van der Waals surface area (Å²) in [5, 5.41) is 10.5. The van der Waals surface area contributed by atoms with Crippen LogP contribution in [0.4, 0.5) is 0 Å². The van der Waals surface area contributed by atoms with E-state index in [0.29, 0.717) is 18.5 Å². The van der Waals surface area contributed by atoms with E-state index in [1.165, 1.54) is 0 Å². The van der Waals surface area contributed by atoms with Crippen molar-refractivity contribution in [2.45, 2.75) is 6.42 Å². The Morgan fingerprint density at radius 3 is 2.84 bits per heavy atom. The molecule has 0 N–H and O–H groups in total. The molecule has 4 heteroatoms. The Hall–Kier alpha value is -1.86. The Morgan fingerprint density at radius 2 is 2.11 bits per heavy atom.